The quantitative estimate of drug-likeness (QED) is 0.863. The molecular weight excluding hydrogens is 279 g/mol. The highest BCUT2D eigenvalue weighted by Crippen LogP contribution is 2.25. The monoisotopic (exact) mass is 298 g/mol. The van der Waals surface area contributed by atoms with Gasteiger partial charge in [0.2, 0.25) is 0 Å². The molecule has 20 heavy (non-hydrogen) atoms. The Bertz CT molecular complexity index is 488. The summed E-state index contributed by atoms with van der Waals surface area (Å²) in [5.41, 5.74) is 1.27. The number of hydrogen-bond donors (Lipinski definition) is 1. The molecule has 1 amide bonds. The van der Waals surface area contributed by atoms with Crippen molar-refractivity contribution in [2.45, 2.75) is 25.8 Å². The van der Waals surface area contributed by atoms with Crippen LogP contribution in [0.2, 0.25) is 0 Å². The Labute approximate surface area is 124 Å². The standard InChI is InChI=1S/C15H19FN2O.ClH/c1-10-6-12(8-13(16)7-10)15(19)18-5-3-14-11(9-18)2-4-17-14;/h6-8,11,14,17H,2-5,9H2,1H3;1H. The number of fused-ring (bicyclic) bond motifs is 1. The lowest BCUT2D eigenvalue weighted by Crippen LogP contribution is -2.46. The van der Waals surface area contributed by atoms with Crippen LogP contribution < -0.4 is 5.32 Å². The van der Waals surface area contributed by atoms with E-state index >= 15 is 0 Å². The normalized spacial score (nSPS) is 25.0. The Morgan fingerprint density at radius 2 is 2.15 bits per heavy atom. The van der Waals surface area contributed by atoms with E-state index < -0.39 is 0 Å². The summed E-state index contributed by atoms with van der Waals surface area (Å²) in [6.07, 6.45) is 2.14. The van der Waals surface area contributed by atoms with E-state index in [1.807, 2.05) is 11.8 Å². The minimum atomic E-state index is -0.333. The third-order valence-corrected chi connectivity index (χ3v) is 4.23. The maximum Gasteiger partial charge on any atom is 0.253 e. The first-order valence-corrected chi connectivity index (χ1v) is 6.93. The molecule has 0 saturated carbocycles. The summed E-state index contributed by atoms with van der Waals surface area (Å²) in [6, 6.07) is 5.13. The van der Waals surface area contributed by atoms with Crippen LogP contribution in [0.25, 0.3) is 0 Å². The Balaban J connectivity index is 0.00000147. The van der Waals surface area contributed by atoms with E-state index in [1.54, 1.807) is 6.07 Å². The van der Waals surface area contributed by atoms with E-state index in [-0.39, 0.29) is 24.1 Å². The van der Waals surface area contributed by atoms with Gasteiger partial charge in [-0.15, -0.1) is 12.4 Å². The number of benzene rings is 1. The van der Waals surface area contributed by atoms with Gasteiger partial charge in [-0.3, -0.25) is 4.79 Å². The molecule has 0 spiro atoms. The van der Waals surface area contributed by atoms with Crippen molar-refractivity contribution in [1.82, 2.24) is 10.2 Å². The van der Waals surface area contributed by atoms with Crippen LogP contribution in [0.4, 0.5) is 4.39 Å². The zero-order valence-corrected chi connectivity index (χ0v) is 12.4. The van der Waals surface area contributed by atoms with E-state index in [9.17, 15) is 9.18 Å². The third kappa shape index (κ3) is 2.96. The Hall–Kier alpha value is -1.13. The number of likely N-dealkylation sites (tertiary alicyclic amines) is 1. The van der Waals surface area contributed by atoms with Crippen molar-refractivity contribution in [2.24, 2.45) is 5.92 Å². The van der Waals surface area contributed by atoms with Gasteiger partial charge in [0.25, 0.3) is 5.91 Å². The number of nitrogens with one attached hydrogen (secondary N) is 1. The first-order valence-electron chi connectivity index (χ1n) is 6.93. The Morgan fingerprint density at radius 3 is 2.90 bits per heavy atom. The Kier molecular flexibility index (Phi) is 4.66. The number of hydrogen-bond acceptors (Lipinski definition) is 2. The molecule has 110 valence electrons. The molecule has 0 aromatic heterocycles. The van der Waals surface area contributed by atoms with Crippen LogP contribution in [-0.2, 0) is 0 Å². The first-order chi connectivity index (χ1) is 9.13. The van der Waals surface area contributed by atoms with E-state index in [2.05, 4.69) is 5.32 Å². The van der Waals surface area contributed by atoms with Gasteiger partial charge in [-0.1, -0.05) is 0 Å². The molecule has 3 rings (SSSR count). The number of rotatable bonds is 1. The van der Waals surface area contributed by atoms with Crippen molar-refractivity contribution in [3.8, 4) is 0 Å². The molecule has 5 heteroatoms. The summed E-state index contributed by atoms with van der Waals surface area (Å²) in [5.74, 6) is 0.195. The molecule has 1 N–H and O–H groups in total. The minimum Gasteiger partial charge on any atom is -0.338 e. The highest BCUT2D eigenvalue weighted by molar-refractivity contribution is 5.94. The lowest BCUT2D eigenvalue weighted by Gasteiger charge is -2.35. The molecule has 2 aliphatic heterocycles. The second-order valence-corrected chi connectivity index (χ2v) is 5.67. The number of amides is 1. The molecule has 1 aromatic rings. The summed E-state index contributed by atoms with van der Waals surface area (Å²) in [4.78, 5) is 14.3. The number of halogens is 2. The van der Waals surface area contributed by atoms with Gasteiger partial charge < -0.3 is 10.2 Å². The highest BCUT2D eigenvalue weighted by atomic mass is 35.5. The number of aryl methyl sites for hydroxylation is 1. The van der Waals surface area contributed by atoms with Gasteiger partial charge in [-0.2, -0.15) is 0 Å². The second-order valence-electron chi connectivity index (χ2n) is 5.67. The van der Waals surface area contributed by atoms with Crippen LogP contribution in [0.3, 0.4) is 0 Å². The van der Waals surface area contributed by atoms with Gasteiger partial charge in [0.05, 0.1) is 0 Å². The van der Waals surface area contributed by atoms with Crippen LogP contribution in [0.15, 0.2) is 18.2 Å². The molecule has 0 bridgehead atoms. The summed E-state index contributed by atoms with van der Waals surface area (Å²) in [5, 5.41) is 3.48. The summed E-state index contributed by atoms with van der Waals surface area (Å²) in [7, 11) is 0. The Morgan fingerprint density at radius 1 is 1.35 bits per heavy atom. The van der Waals surface area contributed by atoms with Gasteiger partial charge in [0, 0.05) is 24.7 Å². The van der Waals surface area contributed by atoms with Crippen molar-refractivity contribution < 1.29 is 9.18 Å². The molecule has 2 unspecified atom stereocenters. The lowest BCUT2D eigenvalue weighted by molar-refractivity contribution is 0.0661. The SMILES string of the molecule is Cc1cc(F)cc(C(=O)N2CCC3NCCC3C2)c1.Cl. The number of piperidine rings is 1. The van der Waals surface area contributed by atoms with Crippen LogP contribution in [-0.4, -0.2) is 36.5 Å². The molecule has 2 heterocycles. The highest BCUT2D eigenvalue weighted by Gasteiger charge is 2.34. The van der Waals surface area contributed by atoms with E-state index in [1.165, 1.54) is 12.1 Å². The minimum absolute atomic E-state index is 0. The number of carbonyl (C=O) groups excluding carboxylic acids is 1. The van der Waals surface area contributed by atoms with Crippen molar-refractivity contribution in [3.05, 3.63) is 35.1 Å². The zero-order chi connectivity index (χ0) is 13.4. The number of nitrogens with zero attached hydrogens (tertiary/aromatic N) is 1. The second kappa shape index (κ2) is 6.10. The van der Waals surface area contributed by atoms with Crippen LogP contribution in [0.1, 0.15) is 28.8 Å². The van der Waals surface area contributed by atoms with Gasteiger partial charge >= 0.3 is 0 Å². The van der Waals surface area contributed by atoms with Crippen molar-refractivity contribution in [2.75, 3.05) is 19.6 Å². The van der Waals surface area contributed by atoms with Gasteiger partial charge in [-0.25, -0.2) is 4.39 Å². The van der Waals surface area contributed by atoms with Crippen LogP contribution in [0, 0.1) is 18.7 Å². The van der Waals surface area contributed by atoms with Gasteiger partial charge in [-0.05, 0) is 56.0 Å². The fraction of sp³-hybridized carbons (Fsp3) is 0.533. The van der Waals surface area contributed by atoms with Crippen molar-refractivity contribution >= 4 is 18.3 Å². The smallest absolute Gasteiger partial charge is 0.253 e. The van der Waals surface area contributed by atoms with Gasteiger partial charge in [0.15, 0.2) is 0 Å². The average molecular weight is 299 g/mol. The molecule has 2 aliphatic rings. The molecule has 2 atom stereocenters. The van der Waals surface area contributed by atoms with Crippen LogP contribution in [0.5, 0.6) is 0 Å². The summed E-state index contributed by atoms with van der Waals surface area (Å²) in [6.45, 7) is 4.43. The predicted octanol–water partition coefficient (Wildman–Crippen LogP) is 2.38. The molecule has 0 aliphatic carbocycles. The maximum absolute atomic E-state index is 13.4. The van der Waals surface area contributed by atoms with E-state index in [0.29, 0.717) is 17.5 Å². The molecule has 0 radical (unpaired) electrons. The van der Waals surface area contributed by atoms with Crippen molar-refractivity contribution in [3.63, 3.8) is 0 Å². The van der Waals surface area contributed by atoms with E-state index in [4.69, 9.17) is 0 Å². The topological polar surface area (TPSA) is 32.3 Å². The maximum atomic E-state index is 13.4. The van der Waals surface area contributed by atoms with Gasteiger partial charge in [0.1, 0.15) is 5.82 Å². The molecule has 2 fully saturated rings. The zero-order valence-electron chi connectivity index (χ0n) is 11.6. The van der Waals surface area contributed by atoms with Crippen molar-refractivity contribution in [1.29, 1.82) is 0 Å². The largest absolute Gasteiger partial charge is 0.338 e. The van der Waals surface area contributed by atoms with Crippen LogP contribution >= 0.6 is 12.4 Å². The molecule has 2 saturated heterocycles. The average Bonchev–Trinajstić information content (AvgIpc) is 2.83. The first kappa shape index (κ1) is 15.3. The molecule has 1 aromatic carbocycles. The molecule has 3 nitrogen and oxygen atoms in total. The molecular formula is C15H20ClFN2O. The lowest BCUT2D eigenvalue weighted by atomic mass is 9.93. The fourth-order valence-corrected chi connectivity index (χ4v) is 3.27. The summed E-state index contributed by atoms with van der Waals surface area (Å²) < 4.78 is 13.4. The summed E-state index contributed by atoms with van der Waals surface area (Å²) >= 11 is 0. The van der Waals surface area contributed by atoms with E-state index in [0.717, 1.165) is 38.0 Å². The number of carbonyl (C=O) groups is 1. The predicted molar refractivity (Wildman–Crippen MR) is 78.8 cm³/mol. The third-order valence-electron chi connectivity index (χ3n) is 4.23. The fourth-order valence-electron chi connectivity index (χ4n) is 3.27.